The zero-order valence-electron chi connectivity index (χ0n) is 25.5. The number of rotatable bonds is 14. The van der Waals surface area contributed by atoms with E-state index in [1.165, 1.54) is 5.56 Å². The summed E-state index contributed by atoms with van der Waals surface area (Å²) in [5.41, 5.74) is 7.21. The summed E-state index contributed by atoms with van der Waals surface area (Å²) in [5, 5.41) is 10.8. The fourth-order valence-electron chi connectivity index (χ4n) is 5.89. The fraction of sp³-hybridized carbons (Fsp3) is 0.562. The van der Waals surface area contributed by atoms with Gasteiger partial charge in [0.15, 0.2) is 0 Å². The van der Waals surface area contributed by atoms with Gasteiger partial charge in [0.2, 0.25) is 0 Å². The topological polar surface area (TPSA) is 89.3 Å². The first-order valence-electron chi connectivity index (χ1n) is 14.7. The zero-order valence-corrected chi connectivity index (χ0v) is 25.5. The van der Waals surface area contributed by atoms with Gasteiger partial charge in [0.25, 0.3) is 6.47 Å². The Labute approximate surface area is 244 Å². The number of hydrogen-bond donors (Lipinski definition) is 1. The van der Waals surface area contributed by atoms with Crippen molar-refractivity contribution in [3.8, 4) is 11.3 Å². The predicted molar refractivity (Wildman–Crippen MR) is 164 cm³/mol. The van der Waals surface area contributed by atoms with E-state index < -0.39 is 0 Å². The quantitative estimate of drug-likeness (QED) is 0.278. The molecule has 0 aliphatic carbocycles. The van der Waals surface area contributed by atoms with Gasteiger partial charge in [0.05, 0.1) is 55.8 Å². The first-order chi connectivity index (χ1) is 19.8. The van der Waals surface area contributed by atoms with E-state index in [2.05, 4.69) is 66.3 Å². The van der Waals surface area contributed by atoms with Crippen LogP contribution >= 0.6 is 0 Å². The molecule has 3 aromatic rings. The lowest BCUT2D eigenvalue weighted by Gasteiger charge is -2.30. The number of methoxy groups -OCH3 is 1. The Morgan fingerprint density at radius 1 is 1.22 bits per heavy atom. The van der Waals surface area contributed by atoms with Crippen LogP contribution in [0.25, 0.3) is 22.2 Å². The molecular formula is C32H46N4O5. The zero-order chi connectivity index (χ0) is 29.6. The highest BCUT2D eigenvalue weighted by Gasteiger charge is 2.29. The second-order valence-electron chi connectivity index (χ2n) is 11.4. The number of ether oxygens (including phenoxy) is 3. The number of fused-ring (bicyclic) bond motifs is 1. The largest absolute Gasteiger partial charge is 0.467 e. The number of likely N-dealkylation sites (N-methyl/N-ethyl adjacent to an activating group) is 1. The van der Waals surface area contributed by atoms with Gasteiger partial charge in [-0.1, -0.05) is 13.8 Å². The second kappa shape index (κ2) is 13.7. The van der Waals surface area contributed by atoms with Crippen molar-refractivity contribution in [1.29, 1.82) is 0 Å². The summed E-state index contributed by atoms with van der Waals surface area (Å²) in [6, 6.07) is 8.83. The van der Waals surface area contributed by atoms with Gasteiger partial charge >= 0.3 is 0 Å². The number of aliphatic hydroxyl groups excluding tert-OH is 1. The van der Waals surface area contributed by atoms with Crippen molar-refractivity contribution < 1.29 is 24.1 Å². The number of benzene rings is 1. The van der Waals surface area contributed by atoms with Crippen LogP contribution in [-0.2, 0) is 32.0 Å². The van der Waals surface area contributed by atoms with Gasteiger partial charge in [-0.2, -0.15) is 0 Å². The van der Waals surface area contributed by atoms with Crippen LogP contribution in [0.2, 0.25) is 0 Å². The molecule has 1 atom stereocenters. The van der Waals surface area contributed by atoms with E-state index in [-0.39, 0.29) is 18.1 Å². The van der Waals surface area contributed by atoms with Crippen molar-refractivity contribution in [2.75, 3.05) is 69.5 Å². The monoisotopic (exact) mass is 566 g/mol. The highest BCUT2D eigenvalue weighted by Crippen LogP contribution is 2.42. The van der Waals surface area contributed by atoms with Gasteiger partial charge in [0, 0.05) is 67.4 Å². The summed E-state index contributed by atoms with van der Waals surface area (Å²) in [6.45, 7) is 16.7. The molecule has 224 valence electrons. The third-order valence-electron chi connectivity index (χ3n) is 8.06. The van der Waals surface area contributed by atoms with Gasteiger partial charge in [-0.25, -0.2) is 0 Å². The molecule has 0 bridgehead atoms. The molecule has 1 N–H and O–H groups in total. The Kier molecular flexibility index (Phi) is 10.3. The Bertz CT molecular complexity index is 1320. The standard InChI is InChI=1S/C32H46N4O5/c1-7-34(11-14-37)24-9-10-29-26(17-24)28(19-32(4,5)21-41-22-38)31(36(29)8-2)27-18-25(35-12-15-40-16-13-35)20-33-30(27)23(3)39-6/h9-10,17-18,20,22-23,37H,7-8,11-16,19,21H2,1-6H3. The fourth-order valence-corrected chi connectivity index (χ4v) is 5.89. The molecular weight excluding hydrogens is 520 g/mol. The normalized spacial score (nSPS) is 14.9. The number of carbonyl (C=O) groups excluding carboxylic acids is 1. The summed E-state index contributed by atoms with van der Waals surface area (Å²) in [4.78, 5) is 20.6. The summed E-state index contributed by atoms with van der Waals surface area (Å²) < 4.78 is 19.1. The Morgan fingerprint density at radius 3 is 2.61 bits per heavy atom. The maximum absolute atomic E-state index is 11.1. The van der Waals surface area contributed by atoms with Crippen LogP contribution in [0.15, 0.2) is 30.5 Å². The third-order valence-corrected chi connectivity index (χ3v) is 8.06. The Hall–Kier alpha value is -3.14. The molecule has 1 saturated heterocycles. The van der Waals surface area contributed by atoms with Gasteiger partial charge in [-0.05, 0) is 57.0 Å². The minimum Gasteiger partial charge on any atom is -0.467 e. The molecule has 2 aromatic heterocycles. The minimum atomic E-state index is -0.309. The molecule has 1 aromatic carbocycles. The number of hydrogen-bond acceptors (Lipinski definition) is 8. The van der Waals surface area contributed by atoms with Crippen molar-refractivity contribution in [1.82, 2.24) is 9.55 Å². The van der Waals surface area contributed by atoms with Crippen LogP contribution in [0.3, 0.4) is 0 Å². The van der Waals surface area contributed by atoms with Gasteiger partial charge in [0.1, 0.15) is 0 Å². The number of morpholine rings is 1. The highest BCUT2D eigenvalue weighted by atomic mass is 16.5. The number of pyridine rings is 1. The molecule has 1 aliphatic heterocycles. The SMILES string of the molecule is CCN(CCO)c1ccc2c(c1)c(CC(C)(C)COC=O)c(-c1cc(N3CCOCC3)cnc1C(C)OC)n2CC. The number of aryl methyl sites for hydroxylation is 1. The van der Waals surface area contributed by atoms with Crippen LogP contribution in [-0.4, -0.2) is 80.8 Å². The van der Waals surface area contributed by atoms with E-state index in [0.717, 1.165) is 65.4 Å². The average molecular weight is 567 g/mol. The third kappa shape index (κ3) is 6.68. The molecule has 0 amide bonds. The predicted octanol–water partition coefficient (Wildman–Crippen LogP) is 4.83. The maximum atomic E-state index is 11.1. The molecule has 0 spiro atoms. The van der Waals surface area contributed by atoms with Gasteiger partial charge in [-0.3, -0.25) is 9.78 Å². The lowest BCUT2D eigenvalue weighted by Crippen LogP contribution is -2.36. The van der Waals surface area contributed by atoms with E-state index in [1.54, 1.807) is 7.11 Å². The van der Waals surface area contributed by atoms with E-state index in [4.69, 9.17) is 19.2 Å². The van der Waals surface area contributed by atoms with Crippen LogP contribution in [0.1, 0.15) is 52.0 Å². The summed E-state index contributed by atoms with van der Waals surface area (Å²) in [6.07, 6.45) is 2.44. The van der Waals surface area contributed by atoms with Crippen molar-refractivity contribution in [3.63, 3.8) is 0 Å². The van der Waals surface area contributed by atoms with Gasteiger partial charge in [-0.15, -0.1) is 0 Å². The Morgan fingerprint density at radius 2 is 1.98 bits per heavy atom. The summed E-state index contributed by atoms with van der Waals surface area (Å²) in [7, 11) is 1.72. The molecule has 9 heteroatoms. The van der Waals surface area contributed by atoms with E-state index in [1.807, 2.05) is 13.1 Å². The maximum Gasteiger partial charge on any atom is 0.293 e. The van der Waals surface area contributed by atoms with Crippen molar-refractivity contribution in [2.45, 2.75) is 53.7 Å². The number of aliphatic hydroxyl groups is 1. The molecule has 1 unspecified atom stereocenters. The van der Waals surface area contributed by atoms with Crippen molar-refractivity contribution >= 4 is 28.7 Å². The smallest absolute Gasteiger partial charge is 0.293 e. The van der Waals surface area contributed by atoms with Crippen molar-refractivity contribution in [2.24, 2.45) is 5.41 Å². The molecule has 4 rings (SSSR count). The molecule has 41 heavy (non-hydrogen) atoms. The van der Waals surface area contributed by atoms with Crippen molar-refractivity contribution in [3.05, 3.63) is 41.7 Å². The number of nitrogens with zero attached hydrogens (tertiary/aromatic N) is 4. The molecule has 0 saturated carbocycles. The number of carbonyl (C=O) groups is 1. The van der Waals surface area contributed by atoms with Crippen LogP contribution in [0, 0.1) is 5.41 Å². The minimum absolute atomic E-state index is 0.0916. The Balaban J connectivity index is 2.01. The lowest BCUT2D eigenvalue weighted by atomic mass is 9.84. The first kappa shape index (κ1) is 30.8. The van der Waals surface area contributed by atoms with Crippen LogP contribution in [0.5, 0.6) is 0 Å². The van der Waals surface area contributed by atoms with E-state index >= 15 is 0 Å². The molecule has 1 fully saturated rings. The lowest BCUT2D eigenvalue weighted by molar-refractivity contribution is -0.131. The summed E-state index contributed by atoms with van der Waals surface area (Å²) in [5.74, 6) is 0. The highest BCUT2D eigenvalue weighted by molar-refractivity contribution is 5.95. The number of anilines is 2. The molecule has 3 heterocycles. The first-order valence-corrected chi connectivity index (χ1v) is 14.7. The average Bonchev–Trinajstić information content (AvgIpc) is 3.30. The van der Waals surface area contributed by atoms with Crippen LogP contribution < -0.4 is 9.80 Å². The van der Waals surface area contributed by atoms with Gasteiger partial charge < -0.3 is 33.7 Å². The van der Waals surface area contributed by atoms with E-state index in [0.29, 0.717) is 39.3 Å². The summed E-state index contributed by atoms with van der Waals surface area (Å²) >= 11 is 0. The number of aromatic nitrogens is 2. The molecule has 1 aliphatic rings. The van der Waals surface area contributed by atoms with E-state index in [9.17, 15) is 9.90 Å². The molecule has 9 nitrogen and oxygen atoms in total. The molecule has 0 radical (unpaired) electrons. The second-order valence-corrected chi connectivity index (χ2v) is 11.4. The van der Waals surface area contributed by atoms with Crippen LogP contribution in [0.4, 0.5) is 11.4 Å².